The normalized spacial score (nSPS) is 15.5. The number of amides is 2. The fourth-order valence-electron chi connectivity index (χ4n) is 4.30. The topological polar surface area (TPSA) is 49.9 Å². The van der Waals surface area contributed by atoms with Gasteiger partial charge in [-0.15, -0.1) is 11.3 Å². The van der Waals surface area contributed by atoms with E-state index < -0.39 is 0 Å². The molecular formula is C26H36N2O3S. The molecule has 0 fully saturated rings. The van der Waals surface area contributed by atoms with Crippen LogP contribution in [0, 0.1) is 6.92 Å². The number of fused-ring (bicyclic) bond motifs is 1. The lowest BCUT2D eigenvalue weighted by Crippen LogP contribution is -2.47. The van der Waals surface area contributed by atoms with Crippen LogP contribution in [0.15, 0.2) is 35.7 Å². The Hall–Kier alpha value is -2.18. The maximum Gasteiger partial charge on any atom is 0.242 e. The predicted molar refractivity (Wildman–Crippen MR) is 130 cm³/mol. The first-order valence-electron chi connectivity index (χ1n) is 11.7. The van der Waals surface area contributed by atoms with E-state index in [0.717, 1.165) is 37.7 Å². The van der Waals surface area contributed by atoms with Crippen molar-refractivity contribution in [3.8, 4) is 0 Å². The molecule has 2 heterocycles. The van der Waals surface area contributed by atoms with Crippen molar-refractivity contribution in [2.24, 2.45) is 0 Å². The van der Waals surface area contributed by atoms with Gasteiger partial charge in [-0.2, -0.15) is 0 Å². The molecule has 5 nitrogen and oxygen atoms in total. The van der Waals surface area contributed by atoms with Crippen LogP contribution in [0.1, 0.15) is 66.6 Å². The number of nitrogens with zero attached hydrogens (tertiary/aromatic N) is 2. The van der Waals surface area contributed by atoms with Crippen molar-refractivity contribution in [3.63, 3.8) is 0 Å². The molecule has 1 atom stereocenters. The van der Waals surface area contributed by atoms with Crippen molar-refractivity contribution in [1.29, 1.82) is 0 Å². The van der Waals surface area contributed by atoms with Crippen molar-refractivity contribution in [2.45, 2.75) is 58.4 Å². The summed E-state index contributed by atoms with van der Waals surface area (Å²) >= 11 is 1.76. The number of unbranched alkanes of at least 4 members (excludes halogenated alkanes) is 3. The second-order valence-corrected chi connectivity index (χ2v) is 9.57. The zero-order valence-electron chi connectivity index (χ0n) is 19.6. The minimum absolute atomic E-state index is 0.00503. The minimum Gasteiger partial charge on any atom is -0.383 e. The van der Waals surface area contributed by atoms with Crippen molar-refractivity contribution >= 4 is 23.2 Å². The lowest BCUT2D eigenvalue weighted by molar-refractivity contribution is -0.142. The first kappa shape index (κ1) is 24.5. The minimum atomic E-state index is -0.0953. The summed E-state index contributed by atoms with van der Waals surface area (Å²) in [5.74, 6) is 0.0528. The lowest BCUT2D eigenvalue weighted by atomic mass is 9.92. The number of thiophene rings is 1. The highest BCUT2D eigenvalue weighted by Gasteiger charge is 2.33. The molecule has 0 spiro atoms. The molecule has 0 N–H and O–H groups in total. The fraction of sp³-hybridized carbons (Fsp3) is 0.538. The number of aryl methyl sites for hydroxylation is 1. The third kappa shape index (κ3) is 6.20. The van der Waals surface area contributed by atoms with E-state index in [4.69, 9.17) is 4.74 Å². The van der Waals surface area contributed by atoms with Crippen LogP contribution in [0.3, 0.4) is 0 Å². The van der Waals surface area contributed by atoms with Gasteiger partial charge in [0, 0.05) is 31.5 Å². The Labute approximate surface area is 196 Å². The highest BCUT2D eigenvalue weighted by atomic mass is 32.1. The van der Waals surface area contributed by atoms with Crippen LogP contribution in [-0.2, 0) is 20.7 Å². The molecule has 174 valence electrons. The SMILES string of the molecule is CCCCCCC(=O)N(CCOC)CC(=O)N1CCc2sccc2C1c1ccc(C)cc1. The van der Waals surface area contributed by atoms with Gasteiger partial charge in [-0.1, -0.05) is 56.0 Å². The molecule has 3 rings (SSSR count). The molecule has 1 aliphatic rings. The van der Waals surface area contributed by atoms with E-state index in [1.54, 1.807) is 23.3 Å². The first-order chi connectivity index (χ1) is 15.5. The molecule has 1 aromatic carbocycles. The second kappa shape index (κ2) is 12.2. The Bertz CT molecular complexity index is 877. The molecule has 1 aromatic heterocycles. The van der Waals surface area contributed by atoms with Crippen LogP contribution in [0.2, 0.25) is 0 Å². The van der Waals surface area contributed by atoms with Gasteiger partial charge in [-0.25, -0.2) is 0 Å². The van der Waals surface area contributed by atoms with E-state index in [1.807, 2.05) is 4.90 Å². The zero-order valence-corrected chi connectivity index (χ0v) is 20.5. The Morgan fingerprint density at radius 3 is 2.66 bits per heavy atom. The number of benzene rings is 1. The maximum atomic E-state index is 13.5. The third-order valence-corrected chi connectivity index (χ3v) is 7.16. The molecule has 0 radical (unpaired) electrons. The van der Waals surface area contributed by atoms with Gasteiger partial charge in [0.2, 0.25) is 11.8 Å². The molecule has 0 aliphatic carbocycles. The van der Waals surface area contributed by atoms with Crippen LogP contribution >= 0.6 is 11.3 Å². The quantitative estimate of drug-likeness (QED) is 0.448. The van der Waals surface area contributed by atoms with Gasteiger partial charge in [-0.05, 0) is 42.3 Å². The van der Waals surface area contributed by atoms with Gasteiger partial charge in [-0.3, -0.25) is 9.59 Å². The number of carbonyl (C=O) groups is 2. The summed E-state index contributed by atoms with van der Waals surface area (Å²) in [4.78, 5) is 31.4. The second-order valence-electron chi connectivity index (χ2n) is 8.57. The Morgan fingerprint density at radius 2 is 1.94 bits per heavy atom. The van der Waals surface area contributed by atoms with Crippen LogP contribution < -0.4 is 0 Å². The average Bonchev–Trinajstić information content (AvgIpc) is 3.28. The van der Waals surface area contributed by atoms with Gasteiger partial charge in [0.25, 0.3) is 0 Å². The van der Waals surface area contributed by atoms with Crippen LogP contribution in [0.5, 0.6) is 0 Å². The molecular weight excluding hydrogens is 420 g/mol. The van der Waals surface area contributed by atoms with Gasteiger partial charge in [0.15, 0.2) is 0 Å². The number of ether oxygens (including phenoxy) is 1. The summed E-state index contributed by atoms with van der Waals surface area (Å²) in [6.45, 7) is 5.90. The number of carbonyl (C=O) groups excluding carboxylic acids is 2. The Kier molecular flexibility index (Phi) is 9.30. The van der Waals surface area contributed by atoms with Crippen molar-refractivity contribution < 1.29 is 14.3 Å². The van der Waals surface area contributed by atoms with E-state index in [1.165, 1.54) is 16.0 Å². The van der Waals surface area contributed by atoms with Crippen LogP contribution in [0.4, 0.5) is 0 Å². The monoisotopic (exact) mass is 456 g/mol. The smallest absolute Gasteiger partial charge is 0.242 e. The summed E-state index contributed by atoms with van der Waals surface area (Å²) < 4.78 is 5.21. The Balaban J connectivity index is 1.76. The van der Waals surface area contributed by atoms with E-state index in [2.05, 4.69) is 49.6 Å². The summed E-state index contributed by atoms with van der Waals surface area (Å²) in [7, 11) is 1.63. The highest BCUT2D eigenvalue weighted by molar-refractivity contribution is 7.10. The predicted octanol–water partition coefficient (Wildman–Crippen LogP) is 4.98. The van der Waals surface area contributed by atoms with Gasteiger partial charge >= 0.3 is 0 Å². The summed E-state index contributed by atoms with van der Waals surface area (Å²) in [6.07, 6.45) is 5.56. The largest absolute Gasteiger partial charge is 0.383 e. The highest BCUT2D eigenvalue weighted by Crippen LogP contribution is 2.38. The Morgan fingerprint density at radius 1 is 1.16 bits per heavy atom. The standard InChI is InChI=1S/C26H36N2O3S/c1-4-5-6-7-8-24(29)27(16-17-31-3)19-25(30)28-15-13-23-22(14-18-32-23)26(28)21-11-9-20(2)10-12-21/h9-12,14,18,26H,4-8,13,15-17,19H2,1-3H3. The van der Waals surface area contributed by atoms with E-state index in [-0.39, 0.29) is 24.4 Å². The number of hydrogen-bond acceptors (Lipinski definition) is 4. The summed E-state index contributed by atoms with van der Waals surface area (Å²) in [5, 5.41) is 2.12. The maximum absolute atomic E-state index is 13.5. The number of methoxy groups -OCH3 is 1. The molecule has 32 heavy (non-hydrogen) atoms. The van der Waals surface area contributed by atoms with E-state index >= 15 is 0 Å². The summed E-state index contributed by atoms with van der Waals surface area (Å²) in [6, 6.07) is 10.5. The van der Waals surface area contributed by atoms with Gasteiger partial charge in [0.1, 0.15) is 0 Å². The lowest BCUT2D eigenvalue weighted by Gasteiger charge is -2.37. The molecule has 0 bridgehead atoms. The number of rotatable bonds is 11. The molecule has 1 aliphatic heterocycles. The molecule has 1 unspecified atom stereocenters. The third-order valence-electron chi connectivity index (χ3n) is 6.17. The van der Waals surface area contributed by atoms with Crippen LogP contribution in [-0.4, -0.2) is 55.0 Å². The van der Waals surface area contributed by atoms with Crippen molar-refractivity contribution in [1.82, 2.24) is 9.80 Å². The van der Waals surface area contributed by atoms with Crippen molar-refractivity contribution in [2.75, 3.05) is 33.4 Å². The molecule has 0 saturated carbocycles. The molecule has 2 aromatic rings. The van der Waals surface area contributed by atoms with E-state index in [9.17, 15) is 9.59 Å². The molecule has 0 saturated heterocycles. The van der Waals surface area contributed by atoms with Crippen molar-refractivity contribution in [3.05, 3.63) is 57.3 Å². The molecule has 6 heteroatoms. The van der Waals surface area contributed by atoms with Gasteiger partial charge in [0.05, 0.1) is 19.2 Å². The van der Waals surface area contributed by atoms with E-state index in [0.29, 0.717) is 26.1 Å². The van der Waals surface area contributed by atoms with Crippen LogP contribution in [0.25, 0.3) is 0 Å². The molecule has 2 amide bonds. The van der Waals surface area contributed by atoms with Gasteiger partial charge < -0.3 is 14.5 Å². The fourth-order valence-corrected chi connectivity index (χ4v) is 5.21. The first-order valence-corrected chi connectivity index (χ1v) is 12.6. The number of hydrogen-bond donors (Lipinski definition) is 0. The summed E-state index contributed by atoms with van der Waals surface area (Å²) in [5.41, 5.74) is 3.54. The average molecular weight is 457 g/mol. The zero-order chi connectivity index (χ0) is 22.9.